The van der Waals surface area contributed by atoms with E-state index >= 15 is 0 Å². The maximum Gasteiger partial charge on any atom is 0.304 e. The van der Waals surface area contributed by atoms with Crippen molar-refractivity contribution in [2.24, 2.45) is 0 Å². The summed E-state index contributed by atoms with van der Waals surface area (Å²) in [5, 5.41) is 12.3. The van der Waals surface area contributed by atoms with Crippen molar-refractivity contribution in [3.63, 3.8) is 0 Å². The lowest BCUT2D eigenvalue weighted by Gasteiger charge is -2.42. The van der Waals surface area contributed by atoms with Crippen LogP contribution in [0.25, 0.3) is 0 Å². The van der Waals surface area contributed by atoms with Gasteiger partial charge in [0.25, 0.3) is 0 Å². The lowest BCUT2D eigenvalue weighted by molar-refractivity contribution is -0.139. The second-order valence-corrected chi connectivity index (χ2v) is 4.97. The number of rotatable bonds is 3. The number of nitrogens with zero attached hydrogens (tertiary/aromatic N) is 1. The fourth-order valence-corrected chi connectivity index (χ4v) is 3.06. The summed E-state index contributed by atoms with van der Waals surface area (Å²) < 4.78 is 0. The Morgan fingerprint density at radius 3 is 2.69 bits per heavy atom. The molecular formula is C12H22N2O2. The SMILES string of the molecule is O=C(O)CC1CCCCN1C1CCNCC1. The summed E-state index contributed by atoms with van der Waals surface area (Å²) in [5.74, 6) is -0.647. The van der Waals surface area contributed by atoms with Gasteiger partial charge in [-0.3, -0.25) is 9.69 Å². The first-order valence-corrected chi connectivity index (χ1v) is 6.45. The predicted octanol–water partition coefficient (Wildman–Crippen LogP) is 1.07. The number of carboxylic acid groups (broad SMARTS) is 1. The average Bonchev–Trinajstić information content (AvgIpc) is 2.30. The summed E-state index contributed by atoms with van der Waals surface area (Å²) >= 11 is 0. The Morgan fingerprint density at radius 1 is 1.25 bits per heavy atom. The van der Waals surface area contributed by atoms with E-state index < -0.39 is 5.97 Å². The van der Waals surface area contributed by atoms with Crippen molar-refractivity contribution in [1.82, 2.24) is 10.2 Å². The van der Waals surface area contributed by atoms with Gasteiger partial charge < -0.3 is 10.4 Å². The molecule has 2 aliphatic heterocycles. The van der Waals surface area contributed by atoms with Crippen LogP contribution in [-0.2, 0) is 4.79 Å². The molecule has 0 aromatic carbocycles. The average molecular weight is 226 g/mol. The summed E-state index contributed by atoms with van der Waals surface area (Å²) in [7, 11) is 0. The highest BCUT2D eigenvalue weighted by Crippen LogP contribution is 2.25. The zero-order valence-corrected chi connectivity index (χ0v) is 9.82. The van der Waals surface area contributed by atoms with E-state index in [2.05, 4.69) is 10.2 Å². The zero-order chi connectivity index (χ0) is 11.4. The molecule has 0 aliphatic carbocycles. The first-order chi connectivity index (χ1) is 7.77. The standard InChI is InChI=1S/C12H22N2O2/c15-12(16)9-11-3-1-2-8-14(11)10-4-6-13-7-5-10/h10-11,13H,1-9H2,(H,15,16). The molecule has 0 amide bonds. The zero-order valence-electron chi connectivity index (χ0n) is 9.82. The van der Waals surface area contributed by atoms with Crippen LogP contribution in [0.1, 0.15) is 38.5 Å². The largest absolute Gasteiger partial charge is 0.481 e. The lowest BCUT2D eigenvalue weighted by atomic mass is 9.94. The molecule has 2 heterocycles. The maximum absolute atomic E-state index is 10.9. The van der Waals surface area contributed by atoms with E-state index in [9.17, 15) is 4.79 Å². The quantitative estimate of drug-likeness (QED) is 0.756. The Hall–Kier alpha value is -0.610. The van der Waals surface area contributed by atoms with Crippen LogP contribution in [0.3, 0.4) is 0 Å². The third kappa shape index (κ3) is 2.95. The van der Waals surface area contributed by atoms with Crippen molar-refractivity contribution in [3.05, 3.63) is 0 Å². The van der Waals surface area contributed by atoms with Gasteiger partial charge >= 0.3 is 5.97 Å². The molecule has 2 saturated heterocycles. The second kappa shape index (κ2) is 5.64. The number of likely N-dealkylation sites (tertiary alicyclic amines) is 1. The van der Waals surface area contributed by atoms with Gasteiger partial charge in [-0.1, -0.05) is 6.42 Å². The van der Waals surface area contributed by atoms with E-state index in [1.54, 1.807) is 0 Å². The molecule has 0 bridgehead atoms. The van der Waals surface area contributed by atoms with Crippen LogP contribution in [0, 0.1) is 0 Å². The Kier molecular flexibility index (Phi) is 4.18. The van der Waals surface area contributed by atoms with Crippen LogP contribution in [0.15, 0.2) is 0 Å². The summed E-state index contributed by atoms with van der Waals surface area (Å²) in [6.07, 6.45) is 6.17. The minimum atomic E-state index is -0.647. The van der Waals surface area contributed by atoms with Crippen LogP contribution in [-0.4, -0.2) is 47.7 Å². The number of hydrogen-bond donors (Lipinski definition) is 2. The van der Waals surface area contributed by atoms with Gasteiger partial charge in [-0.15, -0.1) is 0 Å². The molecule has 4 nitrogen and oxygen atoms in total. The Morgan fingerprint density at radius 2 is 2.00 bits per heavy atom. The van der Waals surface area contributed by atoms with Crippen LogP contribution in [0.2, 0.25) is 0 Å². The van der Waals surface area contributed by atoms with E-state index in [0.29, 0.717) is 12.5 Å². The van der Waals surface area contributed by atoms with E-state index in [-0.39, 0.29) is 6.04 Å². The van der Waals surface area contributed by atoms with Gasteiger partial charge in [0.05, 0.1) is 6.42 Å². The fraction of sp³-hybridized carbons (Fsp3) is 0.917. The minimum Gasteiger partial charge on any atom is -0.481 e. The number of aliphatic carboxylic acids is 1. The van der Waals surface area contributed by atoms with Crippen molar-refractivity contribution >= 4 is 5.97 Å². The summed E-state index contributed by atoms with van der Waals surface area (Å²) in [6.45, 7) is 3.27. The molecule has 4 heteroatoms. The van der Waals surface area contributed by atoms with Gasteiger partial charge in [0, 0.05) is 12.1 Å². The first-order valence-electron chi connectivity index (χ1n) is 6.45. The molecule has 0 spiro atoms. The molecule has 0 aromatic heterocycles. The molecule has 92 valence electrons. The van der Waals surface area contributed by atoms with Gasteiger partial charge in [0.2, 0.25) is 0 Å². The van der Waals surface area contributed by atoms with Crippen LogP contribution in [0.5, 0.6) is 0 Å². The van der Waals surface area contributed by atoms with Crippen molar-refractivity contribution < 1.29 is 9.90 Å². The van der Waals surface area contributed by atoms with Crippen molar-refractivity contribution in [1.29, 1.82) is 0 Å². The van der Waals surface area contributed by atoms with Crippen LogP contribution in [0.4, 0.5) is 0 Å². The molecule has 0 aromatic rings. The Labute approximate surface area is 97.0 Å². The molecule has 2 fully saturated rings. The molecule has 2 N–H and O–H groups in total. The summed E-state index contributed by atoms with van der Waals surface area (Å²) in [6, 6.07) is 0.903. The molecule has 16 heavy (non-hydrogen) atoms. The molecule has 0 radical (unpaired) electrons. The highest BCUT2D eigenvalue weighted by atomic mass is 16.4. The molecule has 2 rings (SSSR count). The Balaban J connectivity index is 1.94. The third-order valence-corrected chi connectivity index (χ3v) is 3.86. The van der Waals surface area contributed by atoms with Gasteiger partial charge in [0.1, 0.15) is 0 Å². The normalized spacial score (nSPS) is 29.1. The van der Waals surface area contributed by atoms with Gasteiger partial charge in [-0.25, -0.2) is 0 Å². The topological polar surface area (TPSA) is 52.6 Å². The number of hydrogen-bond acceptors (Lipinski definition) is 3. The summed E-state index contributed by atoms with van der Waals surface area (Å²) in [5.41, 5.74) is 0. The fourth-order valence-electron chi connectivity index (χ4n) is 3.06. The highest BCUT2D eigenvalue weighted by Gasteiger charge is 2.30. The van der Waals surface area contributed by atoms with E-state index in [0.717, 1.165) is 26.1 Å². The molecule has 1 atom stereocenters. The number of carboxylic acids is 1. The first kappa shape index (κ1) is 11.9. The van der Waals surface area contributed by atoms with Crippen molar-refractivity contribution in [2.75, 3.05) is 19.6 Å². The van der Waals surface area contributed by atoms with Crippen molar-refractivity contribution in [3.8, 4) is 0 Å². The maximum atomic E-state index is 10.9. The third-order valence-electron chi connectivity index (χ3n) is 3.86. The summed E-state index contributed by atoms with van der Waals surface area (Å²) in [4.78, 5) is 13.3. The smallest absolute Gasteiger partial charge is 0.304 e. The molecule has 0 saturated carbocycles. The van der Waals surface area contributed by atoms with E-state index in [1.807, 2.05) is 0 Å². The van der Waals surface area contributed by atoms with Gasteiger partial charge in [-0.2, -0.15) is 0 Å². The highest BCUT2D eigenvalue weighted by molar-refractivity contribution is 5.67. The predicted molar refractivity (Wildman–Crippen MR) is 62.5 cm³/mol. The second-order valence-electron chi connectivity index (χ2n) is 4.97. The van der Waals surface area contributed by atoms with Crippen LogP contribution < -0.4 is 5.32 Å². The van der Waals surface area contributed by atoms with Gasteiger partial charge in [-0.05, 0) is 45.3 Å². The lowest BCUT2D eigenvalue weighted by Crippen LogP contribution is -2.50. The Bertz CT molecular complexity index is 239. The van der Waals surface area contributed by atoms with E-state index in [1.165, 1.54) is 25.7 Å². The number of nitrogens with one attached hydrogen (secondary N) is 1. The van der Waals surface area contributed by atoms with Crippen molar-refractivity contribution in [2.45, 2.75) is 50.6 Å². The van der Waals surface area contributed by atoms with E-state index in [4.69, 9.17) is 5.11 Å². The monoisotopic (exact) mass is 226 g/mol. The number of carbonyl (C=O) groups is 1. The minimum absolute atomic E-state index is 0.286. The number of piperidine rings is 2. The molecule has 2 aliphatic rings. The van der Waals surface area contributed by atoms with Crippen LogP contribution >= 0.6 is 0 Å². The molecular weight excluding hydrogens is 204 g/mol. The van der Waals surface area contributed by atoms with Gasteiger partial charge in [0.15, 0.2) is 0 Å². The molecule has 1 unspecified atom stereocenters.